The first-order valence-electron chi connectivity index (χ1n) is 11.4. The lowest BCUT2D eigenvalue weighted by atomic mass is 9.91. The van der Waals surface area contributed by atoms with Crippen molar-refractivity contribution in [2.45, 2.75) is 33.8 Å². The van der Waals surface area contributed by atoms with E-state index >= 15 is 0 Å². The molecule has 0 aliphatic heterocycles. The molecule has 0 aliphatic rings. The number of nitrogen functional groups attached to an aromatic ring is 1. The van der Waals surface area contributed by atoms with Crippen molar-refractivity contribution in [3.8, 4) is 0 Å². The van der Waals surface area contributed by atoms with Crippen molar-refractivity contribution in [2.24, 2.45) is 21.6 Å². The van der Waals surface area contributed by atoms with E-state index in [2.05, 4.69) is 23.8 Å². The number of nitrogens with zero attached hydrogens (tertiary/aromatic N) is 3. The monoisotopic (exact) mass is 455 g/mol. The van der Waals surface area contributed by atoms with Crippen LogP contribution >= 0.6 is 0 Å². The minimum Gasteiger partial charge on any atom is -0.398 e. The van der Waals surface area contributed by atoms with Crippen LogP contribution in [0.4, 0.5) is 11.4 Å². The number of anilines is 1. The largest absolute Gasteiger partial charge is 0.398 e. The number of aliphatic hydroxyl groups is 1. The summed E-state index contributed by atoms with van der Waals surface area (Å²) in [7, 11) is 0. The van der Waals surface area contributed by atoms with Gasteiger partial charge in [0.05, 0.1) is 24.0 Å². The number of aryl methyl sites for hydroxylation is 1. The number of aliphatic imine (C=N–C) groups is 2. The first-order valence-corrected chi connectivity index (χ1v) is 11.4. The van der Waals surface area contributed by atoms with E-state index < -0.39 is 6.10 Å². The second kappa shape index (κ2) is 11.4. The maximum Gasteiger partial charge on any atom is 0.0985 e. The van der Waals surface area contributed by atoms with Gasteiger partial charge in [0.1, 0.15) is 0 Å². The smallest absolute Gasteiger partial charge is 0.0985 e. The fraction of sp³-hybridized carbons (Fsp3) is 0.250. The van der Waals surface area contributed by atoms with Crippen molar-refractivity contribution in [1.29, 1.82) is 0 Å². The van der Waals surface area contributed by atoms with E-state index in [1.807, 2.05) is 74.5 Å². The van der Waals surface area contributed by atoms with Crippen LogP contribution in [0, 0.1) is 12.8 Å². The van der Waals surface area contributed by atoms with E-state index in [1.54, 1.807) is 12.4 Å². The van der Waals surface area contributed by atoms with Crippen LogP contribution in [0.5, 0.6) is 0 Å². The molecule has 0 radical (unpaired) electrons. The zero-order valence-corrected chi connectivity index (χ0v) is 20.2. The Hall–Kier alpha value is -3.77. The van der Waals surface area contributed by atoms with Gasteiger partial charge in [0.2, 0.25) is 0 Å². The second-order valence-corrected chi connectivity index (χ2v) is 8.52. The summed E-state index contributed by atoms with van der Waals surface area (Å²) >= 11 is 0. The van der Waals surface area contributed by atoms with E-state index in [0.29, 0.717) is 11.4 Å². The molecule has 1 heterocycles. The van der Waals surface area contributed by atoms with Gasteiger partial charge in [-0.25, -0.2) is 0 Å². The molecule has 0 amide bonds. The molecule has 3 aromatic rings. The Bertz CT molecular complexity index is 1210. The standard InChI is InChI=1S/C28H33N5O/c1-18(2)27(20(4)33-25-14-9-15-32-19(25)3)28(30)22-12-8-13-24(29)23(22)16-31-17-26(34)21-10-6-5-7-11-21/h5-16,18,26,34H,17,29-30H2,1-4H3/b28-27-,31-16?,33-20?. The highest BCUT2D eigenvalue weighted by atomic mass is 16.3. The van der Waals surface area contributed by atoms with E-state index in [4.69, 9.17) is 16.5 Å². The maximum atomic E-state index is 10.4. The molecule has 0 fully saturated rings. The maximum absolute atomic E-state index is 10.4. The summed E-state index contributed by atoms with van der Waals surface area (Å²) < 4.78 is 0. The van der Waals surface area contributed by atoms with Crippen LogP contribution in [0.25, 0.3) is 5.70 Å². The van der Waals surface area contributed by atoms with Crippen molar-refractivity contribution in [2.75, 3.05) is 12.3 Å². The van der Waals surface area contributed by atoms with Gasteiger partial charge in [-0.05, 0) is 49.1 Å². The Morgan fingerprint density at radius 3 is 2.47 bits per heavy atom. The summed E-state index contributed by atoms with van der Waals surface area (Å²) in [5.74, 6) is 0.131. The quantitative estimate of drug-likeness (QED) is 0.318. The Morgan fingerprint density at radius 1 is 1.06 bits per heavy atom. The van der Waals surface area contributed by atoms with Crippen molar-refractivity contribution in [3.05, 3.63) is 94.8 Å². The first-order chi connectivity index (χ1) is 16.3. The predicted octanol–water partition coefficient (Wildman–Crippen LogP) is 5.24. The van der Waals surface area contributed by atoms with Crippen LogP contribution in [0.1, 0.15) is 49.3 Å². The Morgan fingerprint density at radius 2 is 1.79 bits per heavy atom. The lowest BCUT2D eigenvalue weighted by Crippen LogP contribution is -2.15. The topological polar surface area (TPSA) is 110 Å². The van der Waals surface area contributed by atoms with Crippen LogP contribution in [-0.2, 0) is 0 Å². The van der Waals surface area contributed by atoms with Gasteiger partial charge in [-0.15, -0.1) is 0 Å². The third-order valence-corrected chi connectivity index (χ3v) is 5.64. The number of benzene rings is 2. The van der Waals surface area contributed by atoms with Crippen LogP contribution in [0.2, 0.25) is 0 Å². The van der Waals surface area contributed by atoms with Gasteiger partial charge < -0.3 is 16.6 Å². The summed E-state index contributed by atoms with van der Waals surface area (Å²) in [6.45, 7) is 8.30. The van der Waals surface area contributed by atoms with E-state index in [9.17, 15) is 5.11 Å². The molecule has 3 rings (SSSR count). The highest BCUT2D eigenvalue weighted by Gasteiger charge is 2.17. The van der Waals surface area contributed by atoms with Crippen LogP contribution in [0.15, 0.2) is 82.4 Å². The van der Waals surface area contributed by atoms with Crippen LogP contribution in [0.3, 0.4) is 0 Å². The highest BCUT2D eigenvalue weighted by Crippen LogP contribution is 2.28. The number of rotatable bonds is 8. The fourth-order valence-electron chi connectivity index (χ4n) is 3.89. The fourth-order valence-corrected chi connectivity index (χ4v) is 3.89. The van der Waals surface area contributed by atoms with Crippen molar-refractivity contribution in [1.82, 2.24) is 4.98 Å². The molecule has 1 unspecified atom stereocenters. The minimum atomic E-state index is -0.693. The molecule has 0 bridgehead atoms. The van der Waals surface area contributed by atoms with Gasteiger partial charge in [-0.1, -0.05) is 56.3 Å². The average molecular weight is 456 g/mol. The summed E-state index contributed by atoms with van der Waals surface area (Å²) in [5.41, 5.74) is 20.0. The van der Waals surface area contributed by atoms with Crippen molar-refractivity contribution in [3.63, 3.8) is 0 Å². The van der Waals surface area contributed by atoms with Crippen molar-refractivity contribution >= 4 is 29.0 Å². The molecule has 0 saturated heterocycles. The summed E-state index contributed by atoms with van der Waals surface area (Å²) in [6.07, 6.45) is 2.76. The molecule has 0 saturated carbocycles. The number of allylic oxidation sites excluding steroid dienone is 1. The molecule has 0 spiro atoms. The highest BCUT2D eigenvalue weighted by molar-refractivity contribution is 6.07. The molecule has 0 aliphatic carbocycles. The SMILES string of the molecule is CC(=Nc1cccnc1C)/C(=C(\N)c1cccc(N)c1C=NCC(O)c1ccccc1)C(C)C. The lowest BCUT2D eigenvalue weighted by molar-refractivity contribution is 0.187. The normalized spacial score (nSPS) is 13.9. The van der Waals surface area contributed by atoms with Crippen LogP contribution in [-0.4, -0.2) is 28.6 Å². The number of nitrogens with two attached hydrogens (primary N) is 2. The Kier molecular flexibility index (Phi) is 8.33. The molecule has 34 heavy (non-hydrogen) atoms. The van der Waals surface area contributed by atoms with Gasteiger partial charge in [-0.3, -0.25) is 15.0 Å². The molecule has 2 aromatic carbocycles. The van der Waals surface area contributed by atoms with E-state index in [1.165, 1.54) is 0 Å². The Labute approximate surface area is 201 Å². The third-order valence-electron chi connectivity index (χ3n) is 5.64. The number of hydrogen-bond acceptors (Lipinski definition) is 6. The summed E-state index contributed by atoms with van der Waals surface area (Å²) in [4.78, 5) is 13.6. The molecular formula is C28H33N5O. The van der Waals surface area contributed by atoms with Crippen LogP contribution < -0.4 is 11.5 Å². The third kappa shape index (κ3) is 5.97. The van der Waals surface area contributed by atoms with Gasteiger partial charge in [-0.2, -0.15) is 0 Å². The number of aliphatic hydroxyl groups excluding tert-OH is 1. The molecular weight excluding hydrogens is 422 g/mol. The van der Waals surface area contributed by atoms with Crippen molar-refractivity contribution < 1.29 is 5.11 Å². The molecule has 176 valence electrons. The van der Waals surface area contributed by atoms with Gasteiger partial charge in [0.25, 0.3) is 0 Å². The number of aromatic nitrogens is 1. The Balaban J connectivity index is 1.99. The summed E-state index contributed by atoms with van der Waals surface area (Å²) in [6, 6.07) is 18.9. The average Bonchev–Trinajstić information content (AvgIpc) is 2.81. The molecule has 6 nitrogen and oxygen atoms in total. The minimum absolute atomic E-state index is 0.131. The summed E-state index contributed by atoms with van der Waals surface area (Å²) in [5, 5.41) is 10.4. The molecule has 1 aromatic heterocycles. The number of pyridine rings is 1. The number of hydrogen-bond donors (Lipinski definition) is 3. The van der Waals surface area contributed by atoms with E-state index in [-0.39, 0.29) is 12.5 Å². The second-order valence-electron chi connectivity index (χ2n) is 8.52. The lowest BCUT2D eigenvalue weighted by Gasteiger charge is -2.18. The zero-order valence-electron chi connectivity index (χ0n) is 20.2. The van der Waals surface area contributed by atoms with Gasteiger partial charge >= 0.3 is 0 Å². The predicted molar refractivity (Wildman–Crippen MR) is 142 cm³/mol. The van der Waals surface area contributed by atoms with E-state index in [0.717, 1.165) is 39.4 Å². The van der Waals surface area contributed by atoms with Gasteiger partial charge in [0.15, 0.2) is 0 Å². The zero-order chi connectivity index (χ0) is 24.7. The molecule has 6 heteroatoms. The van der Waals surface area contributed by atoms with Gasteiger partial charge in [0, 0.05) is 40.6 Å². The first kappa shape index (κ1) is 24.9. The molecule has 1 atom stereocenters. The molecule has 5 N–H and O–H groups in total.